The molecule has 0 aliphatic carbocycles. The number of allylic oxidation sites excluding steroid dienone is 2. The molecule has 2 saturated heterocycles. The minimum Gasteiger partial charge on any atom is -0.388 e. The number of nitrogens with one attached hydrogen (secondary N) is 1. The number of nitriles is 1. The molecule has 4 N–H and O–H groups in total. The van der Waals surface area contributed by atoms with Crippen LogP contribution >= 0.6 is 0 Å². The fraction of sp³-hybridized carbons (Fsp3) is 0.452. The highest BCUT2D eigenvalue weighted by molar-refractivity contribution is 7.93. The number of hydrogen-bond acceptors (Lipinski definition) is 9. The molecule has 230 valence electrons. The van der Waals surface area contributed by atoms with Gasteiger partial charge in [0.15, 0.2) is 4.91 Å². The van der Waals surface area contributed by atoms with Gasteiger partial charge in [-0.2, -0.15) is 5.26 Å². The van der Waals surface area contributed by atoms with E-state index in [1.54, 1.807) is 13.0 Å². The zero-order valence-electron chi connectivity index (χ0n) is 24.8. The summed E-state index contributed by atoms with van der Waals surface area (Å²) in [4.78, 5) is 4.27. The Balaban J connectivity index is 1.36. The van der Waals surface area contributed by atoms with Crippen LogP contribution in [0.25, 0.3) is 27.6 Å². The highest BCUT2D eigenvalue weighted by Crippen LogP contribution is 2.31. The number of ether oxygens (including phenoxy) is 1. The van der Waals surface area contributed by atoms with Crippen LogP contribution in [0, 0.1) is 11.3 Å². The number of benzene rings is 2. The van der Waals surface area contributed by atoms with Gasteiger partial charge in [-0.25, -0.2) is 13.1 Å². The monoisotopic (exact) mass is 609 g/mol. The number of rotatable bonds is 7. The molecule has 43 heavy (non-hydrogen) atoms. The Bertz CT molecular complexity index is 1670. The van der Waals surface area contributed by atoms with E-state index >= 15 is 0 Å². The predicted molar refractivity (Wildman–Crippen MR) is 166 cm³/mol. The Hall–Kier alpha value is -3.28. The lowest BCUT2D eigenvalue weighted by Crippen LogP contribution is -2.59. The van der Waals surface area contributed by atoms with E-state index in [0.29, 0.717) is 5.69 Å². The van der Waals surface area contributed by atoms with Gasteiger partial charge in [0, 0.05) is 62.4 Å². The van der Waals surface area contributed by atoms with Crippen LogP contribution in [-0.4, -0.2) is 103 Å². The van der Waals surface area contributed by atoms with Crippen molar-refractivity contribution >= 4 is 32.1 Å². The van der Waals surface area contributed by atoms with Crippen molar-refractivity contribution in [1.82, 2.24) is 14.2 Å². The van der Waals surface area contributed by atoms with Crippen molar-refractivity contribution in [2.24, 2.45) is 7.05 Å². The quantitative estimate of drug-likeness (QED) is 0.293. The van der Waals surface area contributed by atoms with Crippen molar-refractivity contribution < 1.29 is 28.5 Å². The lowest BCUT2D eigenvalue weighted by atomic mass is 9.96. The second kappa shape index (κ2) is 12.4. The average Bonchev–Trinajstić information content (AvgIpc) is 3.38. The molecule has 3 aromatic rings. The fourth-order valence-corrected chi connectivity index (χ4v) is 7.02. The number of anilines is 1. The van der Waals surface area contributed by atoms with E-state index in [1.807, 2.05) is 29.8 Å². The summed E-state index contributed by atoms with van der Waals surface area (Å²) in [5.41, 5.74) is 3.85. The molecule has 5 rings (SSSR count). The van der Waals surface area contributed by atoms with E-state index < -0.39 is 45.4 Å². The third-order valence-electron chi connectivity index (χ3n) is 8.63. The summed E-state index contributed by atoms with van der Waals surface area (Å²) in [5.74, 6) is 0. The number of aliphatic hydroxyl groups excluding tert-OH is 3. The molecule has 11 nitrogen and oxygen atoms in total. The number of hydrogen-bond donors (Lipinski definition) is 4. The molecular weight excluding hydrogens is 570 g/mol. The van der Waals surface area contributed by atoms with E-state index in [0.717, 1.165) is 48.2 Å². The number of piperazine rings is 1. The standard InChI is InChI=1S/C31H39N5O6S/c1-19(28(17-32)43(40,41)33-18-27-30(38)31(39)29(37)20(2)42-27)25-9-10-26(35(25)4)23-6-5-22-16-24(8-7-21(22)15-23)36-13-11-34(3)12-14-36/h5-10,15-16,20,27,29-31,33,37-39H,11-14,18H2,1-4H3. The van der Waals surface area contributed by atoms with Crippen molar-refractivity contribution in [2.75, 3.05) is 44.7 Å². The van der Waals surface area contributed by atoms with Gasteiger partial charge in [0.05, 0.1) is 6.10 Å². The minimum absolute atomic E-state index is 0.260. The molecule has 0 amide bonds. The molecule has 0 radical (unpaired) electrons. The van der Waals surface area contributed by atoms with Gasteiger partial charge in [0.2, 0.25) is 0 Å². The van der Waals surface area contributed by atoms with E-state index in [-0.39, 0.29) is 12.1 Å². The average molecular weight is 610 g/mol. The van der Waals surface area contributed by atoms with E-state index in [9.17, 15) is 29.0 Å². The van der Waals surface area contributed by atoms with E-state index in [2.05, 4.69) is 51.9 Å². The SMILES string of the molecule is CC(=C(C#N)S(=O)(=O)NCC1OC(C)C(O)C(O)C1O)c1ccc(-c2ccc3cc(N4CCN(C)CC4)ccc3c2)n1C. The summed E-state index contributed by atoms with van der Waals surface area (Å²) in [6.45, 7) is 6.78. The third-order valence-corrected chi connectivity index (χ3v) is 10.1. The second-order valence-electron chi connectivity index (χ2n) is 11.5. The van der Waals surface area contributed by atoms with Crippen molar-refractivity contribution in [3.63, 3.8) is 0 Å². The predicted octanol–water partition coefficient (Wildman–Crippen LogP) is 1.64. The Labute approximate surface area is 252 Å². The number of aliphatic hydroxyl groups is 3. The molecule has 2 fully saturated rings. The number of likely N-dealkylation sites (N-methyl/N-ethyl adjacent to an activating group) is 1. The van der Waals surface area contributed by atoms with Gasteiger partial charge in [0.1, 0.15) is 30.5 Å². The molecule has 3 heterocycles. The highest BCUT2D eigenvalue weighted by atomic mass is 32.2. The summed E-state index contributed by atoms with van der Waals surface area (Å²) in [6.07, 6.45) is -6.19. The van der Waals surface area contributed by atoms with Crippen LogP contribution in [0.3, 0.4) is 0 Å². The maximum atomic E-state index is 13.2. The van der Waals surface area contributed by atoms with Crippen LogP contribution in [0.5, 0.6) is 0 Å². The molecule has 1 aromatic heterocycles. The highest BCUT2D eigenvalue weighted by Gasteiger charge is 2.42. The van der Waals surface area contributed by atoms with Gasteiger partial charge in [-0.15, -0.1) is 0 Å². The second-order valence-corrected chi connectivity index (χ2v) is 13.2. The first-order chi connectivity index (χ1) is 20.4. The molecule has 12 heteroatoms. The topological polar surface area (TPSA) is 151 Å². The summed E-state index contributed by atoms with van der Waals surface area (Å²) in [7, 11) is -0.330. The van der Waals surface area contributed by atoms with Crippen molar-refractivity contribution in [1.29, 1.82) is 5.26 Å². The summed E-state index contributed by atoms with van der Waals surface area (Å²) in [5, 5.41) is 42.3. The first-order valence-electron chi connectivity index (χ1n) is 14.4. The van der Waals surface area contributed by atoms with Crippen molar-refractivity contribution in [3.05, 3.63) is 59.1 Å². The summed E-state index contributed by atoms with van der Waals surface area (Å²) >= 11 is 0. The minimum atomic E-state index is -4.30. The maximum Gasteiger partial charge on any atom is 0.251 e. The Morgan fingerprint density at radius 3 is 2.35 bits per heavy atom. The Kier molecular flexibility index (Phi) is 8.97. The van der Waals surface area contributed by atoms with Crippen LogP contribution in [0.1, 0.15) is 19.5 Å². The summed E-state index contributed by atoms with van der Waals surface area (Å²) in [6, 6.07) is 18.2. The van der Waals surface area contributed by atoms with Crippen LogP contribution in [0.4, 0.5) is 5.69 Å². The van der Waals surface area contributed by atoms with Crippen LogP contribution in [0.15, 0.2) is 53.4 Å². The third kappa shape index (κ3) is 6.21. The number of sulfonamides is 1. The molecule has 0 saturated carbocycles. The van der Waals surface area contributed by atoms with Gasteiger partial charge in [-0.1, -0.05) is 18.2 Å². The van der Waals surface area contributed by atoms with Crippen LogP contribution in [0.2, 0.25) is 0 Å². The molecule has 2 aliphatic heterocycles. The van der Waals surface area contributed by atoms with Gasteiger partial charge in [-0.05, 0) is 67.6 Å². The van der Waals surface area contributed by atoms with Crippen LogP contribution in [-0.2, 0) is 21.8 Å². The maximum absolute atomic E-state index is 13.2. The first kappa shape index (κ1) is 31.2. The molecule has 0 bridgehead atoms. The number of fused-ring (bicyclic) bond motifs is 1. The first-order valence-corrected chi connectivity index (χ1v) is 15.8. The lowest BCUT2D eigenvalue weighted by Gasteiger charge is -2.39. The van der Waals surface area contributed by atoms with E-state index in [4.69, 9.17) is 4.74 Å². The van der Waals surface area contributed by atoms with Gasteiger partial charge in [-0.3, -0.25) is 0 Å². The number of aromatic nitrogens is 1. The van der Waals surface area contributed by atoms with Crippen LogP contribution < -0.4 is 9.62 Å². The zero-order valence-corrected chi connectivity index (χ0v) is 25.6. The molecule has 0 spiro atoms. The summed E-state index contributed by atoms with van der Waals surface area (Å²) < 4.78 is 36.0. The normalized spacial score (nSPS) is 25.9. The molecule has 5 unspecified atom stereocenters. The lowest BCUT2D eigenvalue weighted by molar-refractivity contribution is -0.214. The molecule has 2 aromatic carbocycles. The van der Waals surface area contributed by atoms with Crippen molar-refractivity contribution in [2.45, 2.75) is 44.4 Å². The van der Waals surface area contributed by atoms with Gasteiger partial charge < -0.3 is 34.4 Å². The smallest absolute Gasteiger partial charge is 0.251 e. The zero-order chi connectivity index (χ0) is 31.1. The van der Waals surface area contributed by atoms with Crippen molar-refractivity contribution in [3.8, 4) is 17.3 Å². The Morgan fingerprint density at radius 1 is 0.977 bits per heavy atom. The molecule has 5 atom stereocenters. The van der Waals surface area contributed by atoms with Gasteiger partial charge in [0.25, 0.3) is 10.0 Å². The van der Waals surface area contributed by atoms with E-state index in [1.165, 1.54) is 12.6 Å². The number of nitrogens with zero attached hydrogens (tertiary/aromatic N) is 4. The molecular formula is C31H39N5O6S. The largest absolute Gasteiger partial charge is 0.388 e. The Morgan fingerprint density at radius 2 is 1.65 bits per heavy atom. The molecule has 2 aliphatic rings. The fourth-order valence-electron chi connectivity index (χ4n) is 5.86. The van der Waals surface area contributed by atoms with Gasteiger partial charge >= 0.3 is 0 Å².